The standard InChI is InChI=1S/C20H39N5O/c1-4-12-22-18(26)15-25-13-8-17(9-14-25)24-19(21-3)23-16-20(5-2)10-6-7-11-20/h17H,4-16H2,1-3H3,(H,22,26)(H2,21,23,24). The molecule has 1 saturated carbocycles. The predicted octanol–water partition coefficient (Wildman–Crippen LogP) is 2.11. The van der Waals surface area contributed by atoms with Gasteiger partial charge in [-0.1, -0.05) is 26.7 Å². The molecule has 6 nitrogen and oxygen atoms in total. The summed E-state index contributed by atoms with van der Waals surface area (Å²) < 4.78 is 0. The molecule has 0 atom stereocenters. The summed E-state index contributed by atoms with van der Waals surface area (Å²) in [5, 5.41) is 10.1. The first-order valence-corrected chi connectivity index (χ1v) is 10.6. The molecule has 2 rings (SSSR count). The van der Waals surface area contributed by atoms with Crippen LogP contribution in [0, 0.1) is 5.41 Å². The molecule has 1 aliphatic carbocycles. The third kappa shape index (κ3) is 6.45. The predicted molar refractivity (Wildman–Crippen MR) is 108 cm³/mol. The van der Waals surface area contributed by atoms with Crippen molar-refractivity contribution in [1.82, 2.24) is 20.9 Å². The Labute approximate surface area is 159 Å². The Kier molecular flexibility index (Phi) is 8.69. The molecule has 2 aliphatic rings. The van der Waals surface area contributed by atoms with Crippen LogP contribution in [0.1, 0.15) is 65.2 Å². The highest BCUT2D eigenvalue weighted by Crippen LogP contribution is 2.40. The molecule has 1 heterocycles. The lowest BCUT2D eigenvalue weighted by atomic mass is 9.83. The van der Waals surface area contributed by atoms with Gasteiger partial charge in [0.25, 0.3) is 0 Å². The Bertz CT molecular complexity index is 451. The van der Waals surface area contributed by atoms with Crippen LogP contribution in [0.5, 0.6) is 0 Å². The van der Waals surface area contributed by atoms with Crippen LogP contribution < -0.4 is 16.0 Å². The van der Waals surface area contributed by atoms with E-state index >= 15 is 0 Å². The number of aliphatic imine (C=N–C) groups is 1. The van der Waals surface area contributed by atoms with Gasteiger partial charge in [-0.3, -0.25) is 14.7 Å². The number of rotatable bonds is 8. The third-order valence-corrected chi connectivity index (χ3v) is 6.14. The second kappa shape index (κ2) is 10.8. The highest BCUT2D eigenvalue weighted by atomic mass is 16.2. The summed E-state index contributed by atoms with van der Waals surface area (Å²) in [6, 6.07) is 0.442. The van der Waals surface area contributed by atoms with Crippen molar-refractivity contribution in [2.45, 2.75) is 71.3 Å². The fourth-order valence-electron chi connectivity index (χ4n) is 4.20. The largest absolute Gasteiger partial charge is 0.356 e. The molecule has 3 N–H and O–H groups in total. The van der Waals surface area contributed by atoms with Crippen LogP contribution in [0.2, 0.25) is 0 Å². The van der Waals surface area contributed by atoms with Gasteiger partial charge in [0.15, 0.2) is 5.96 Å². The summed E-state index contributed by atoms with van der Waals surface area (Å²) in [6.45, 7) is 8.65. The lowest BCUT2D eigenvalue weighted by Gasteiger charge is -2.33. The number of likely N-dealkylation sites (tertiary alicyclic amines) is 1. The molecular formula is C20H39N5O. The number of nitrogens with zero attached hydrogens (tertiary/aromatic N) is 2. The zero-order valence-corrected chi connectivity index (χ0v) is 17.1. The SMILES string of the molecule is CCCNC(=O)CN1CCC(NC(=NC)NCC2(CC)CCCC2)CC1. The number of hydrogen-bond donors (Lipinski definition) is 3. The Morgan fingerprint density at radius 3 is 2.42 bits per heavy atom. The minimum atomic E-state index is 0.150. The van der Waals surface area contributed by atoms with Crippen LogP contribution in [0.15, 0.2) is 4.99 Å². The van der Waals surface area contributed by atoms with Crippen molar-refractivity contribution in [1.29, 1.82) is 0 Å². The van der Waals surface area contributed by atoms with E-state index in [1.165, 1.54) is 32.1 Å². The normalized spacial score (nSPS) is 21.6. The number of hydrogen-bond acceptors (Lipinski definition) is 3. The number of nitrogens with one attached hydrogen (secondary N) is 3. The lowest BCUT2D eigenvalue weighted by molar-refractivity contribution is -0.122. The minimum absolute atomic E-state index is 0.150. The Balaban J connectivity index is 1.69. The van der Waals surface area contributed by atoms with E-state index in [0.29, 0.717) is 18.0 Å². The second-order valence-corrected chi connectivity index (χ2v) is 8.03. The first-order valence-electron chi connectivity index (χ1n) is 10.6. The number of guanidine groups is 1. The van der Waals surface area contributed by atoms with E-state index in [4.69, 9.17) is 0 Å². The average molecular weight is 366 g/mol. The van der Waals surface area contributed by atoms with Crippen LogP contribution in [0.4, 0.5) is 0 Å². The van der Waals surface area contributed by atoms with Crippen molar-refractivity contribution in [2.75, 3.05) is 39.8 Å². The molecule has 1 amide bonds. The fourth-order valence-corrected chi connectivity index (χ4v) is 4.20. The maximum Gasteiger partial charge on any atom is 0.234 e. The monoisotopic (exact) mass is 365 g/mol. The lowest BCUT2D eigenvalue weighted by Crippen LogP contribution is -2.51. The zero-order valence-electron chi connectivity index (χ0n) is 17.1. The van der Waals surface area contributed by atoms with Crippen molar-refractivity contribution in [3.63, 3.8) is 0 Å². The molecule has 6 heteroatoms. The maximum absolute atomic E-state index is 11.8. The molecule has 26 heavy (non-hydrogen) atoms. The van der Waals surface area contributed by atoms with Gasteiger partial charge in [0.2, 0.25) is 5.91 Å². The van der Waals surface area contributed by atoms with E-state index in [1.54, 1.807) is 0 Å². The van der Waals surface area contributed by atoms with Crippen molar-refractivity contribution in [2.24, 2.45) is 10.4 Å². The van der Waals surface area contributed by atoms with Crippen LogP contribution in [0.25, 0.3) is 0 Å². The van der Waals surface area contributed by atoms with E-state index < -0.39 is 0 Å². The summed E-state index contributed by atoms with van der Waals surface area (Å²) in [4.78, 5) is 18.5. The van der Waals surface area contributed by atoms with E-state index in [-0.39, 0.29) is 5.91 Å². The number of amides is 1. The molecule has 2 fully saturated rings. The van der Waals surface area contributed by atoms with Crippen molar-refractivity contribution in [3.05, 3.63) is 0 Å². The molecule has 1 saturated heterocycles. The van der Waals surface area contributed by atoms with Gasteiger partial charge in [-0.25, -0.2) is 0 Å². The number of piperidine rings is 1. The quantitative estimate of drug-likeness (QED) is 0.455. The van der Waals surface area contributed by atoms with E-state index in [1.807, 2.05) is 7.05 Å². The molecule has 0 radical (unpaired) electrons. The van der Waals surface area contributed by atoms with Crippen LogP contribution in [-0.2, 0) is 4.79 Å². The van der Waals surface area contributed by atoms with Gasteiger partial charge in [-0.05, 0) is 43.9 Å². The third-order valence-electron chi connectivity index (χ3n) is 6.14. The second-order valence-electron chi connectivity index (χ2n) is 8.03. The first kappa shape index (κ1) is 21.0. The zero-order chi connectivity index (χ0) is 18.8. The fraction of sp³-hybridized carbons (Fsp3) is 0.900. The van der Waals surface area contributed by atoms with E-state index in [0.717, 1.165) is 51.4 Å². The van der Waals surface area contributed by atoms with Crippen molar-refractivity contribution < 1.29 is 4.79 Å². The van der Waals surface area contributed by atoms with Gasteiger partial charge >= 0.3 is 0 Å². The van der Waals surface area contributed by atoms with Crippen molar-refractivity contribution >= 4 is 11.9 Å². The van der Waals surface area contributed by atoms with Crippen LogP contribution in [-0.4, -0.2) is 62.6 Å². The van der Waals surface area contributed by atoms with E-state index in [9.17, 15) is 4.79 Å². The Morgan fingerprint density at radius 2 is 1.85 bits per heavy atom. The van der Waals surface area contributed by atoms with Crippen LogP contribution >= 0.6 is 0 Å². The molecule has 1 aliphatic heterocycles. The first-order chi connectivity index (χ1) is 12.6. The molecule has 0 bridgehead atoms. The van der Waals surface area contributed by atoms with Gasteiger partial charge < -0.3 is 16.0 Å². The Morgan fingerprint density at radius 1 is 1.15 bits per heavy atom. The van der Waals surface area contributed by atoms with Crippen molar-refractivity contribution in [3.8, 4) is 0 Å². The van der Waals surface area contributed by atoms with Crippen LogP contribution in [0.3, 0.4) is 0 Å². The summed E-state index contributed by atoms with van der Waals surface area (Å²) in [5.41, 5.74) is 0.465. The van der Waals surface area contributed by atoms with Gasteiger partial charge in [0.1, 0.15) is 0 Å². The number of carbonyl (C=O) groups excluding carboxylic acids is 1. The van der Waals surface area contributed by atoms with Gasteiger partial charge in [-0.15, -0.1) is 0 Å². The summed E-state index contributed by atoms with van der Waals surface area (Å²) in [7, 11) is 1.86. The van der Waals surface area contributed by atoms with Gasteiger partial charge in [-0.2, -0.15) is 0 Å². The average Bonchev–Trinajstić information content (AvgIpc) is 3.14. The molecule has 0 aromatic carbocycles. The summed E-state index contributed by atoms with van der Waals surface area (Å²) in [6.07, 6.45) is 9.76. The molecule has 0 aromatic heterocycles. The number of carbonyl (C=O) groups is 1. The summed E-state index contributed by atoms with van der Waals surface area (Å²) in [5.74, 6) is 1.08. The molecule has 0 spiro atoms. The minimum Gasteiger partial charge on any atom is -0.356 e. The Hall–Kier alpha value is -1.30. The van der Waals surface area contributed by atoms with Gasteiger partial charge in [0.05, 0.1) is 6.54 Å². The summed E-state index contributed by atoms with van der Waals surface area (Å²) >= 11 is 0. The van der Waals surface area contributed by atoms with E-state index in [2.05, 4.69) is 39.7 Å². The van der Waals surface area contributed by atoms with Gasteiger partial charge in [0, 0.05) is 39.3 Å². The highest BCUT2D eigenvalue weighted by molar-refractivity contribution is 5.80. The maximum atomic E-state index is 11.8. The molecular weight excluding hydrogens is 326 g/mol. The smallest absolute Gasteiger partial charge is 0.234 e. The molecule has 150 valence electrons. The molecule has 0 unspecified atom stereocenters. The highest BCUT2D eigenvalue weighted by Gasteiger charge is 2.32. The molecule has 0 aromatic rings. The topological polar surface area (TPSA) is 68.8 Å².